The van der Waals surface area contributed by atoms with Crippen LogP contribution in [0.25, 0.3) is 0 Å². The highest BCUT2D eigenvalue weighted by atomic mass is 16.3. The highest BCUT2D eigenvalue weighted by Crippen LogP contribution is 2.16. The smallest absolute Gasteiger partial charge is 0.0799 e. The summed E-state index contributed by atoms with van der Waals surface area (Å²) < 4.78 is 0. The molecule has 2 nitrogen and oxygen atoms in total. The summed E-state index contributed by atoms with van der Waals surface area (Å²) in [6, 6.07) is 0. The summed E-state index contributed by atoms with van der Waals surface area (Å²) in [5, 5.41) is 18.4. The molecule has 0 saturated heterocycles. The van der Waals surface area contributed by atoms with Gasteiger partial charge in [0, 0.05) is 0 Å². The van der Waals surface area contributed by atoms with E-state index in [1.165, 1.54) is 0 Å². The van der Waals surface area contributed by atoms with Crippen molar-refractivity contribution in [1.29, 1.82) is 0 Å². The van der Waals surface area contributed by atoms with E-state index in [1.54, 1.807) is 0 Å². The van der Waals surface area contributed by atoms with Gasteiger partial charge in [0.25, 0.3) is 0 Å². The lowest BCUT2D eigenvalue weighted by Crippen LogP contribution is -2.26. The van der Waals surface area contributed by atoms with Gasteiger partial charge in [-0.1, -0.05) is 12.8 Å². The third kappa shape index (κ3) is 2.27. The van der Waals surface area contributed by atoms with Crippen molar-refractivity contribution in [3.63, 3.8) is 0 Å². The molecule has 1 aliphatic rings. The summed E-state index contributed by atoms with van der Waals surface area (Å²) in [6.07, 6.45) is 5.74. The standard InChI is InChI=1S/C8H15O2/c9-7-5-3-1-2-4-6-8(7)10/h1,7-10H,2-6H2. The summed E-state index contributed by atoms with van der Waals surface area (Å²) in [5.74, 6) is 0. The highest BCUT2D eigenvalue weighted by molar-refractivity contribution is 4.76. The number of aliphatic hydroxyl groups excluding tert-OH is 2. The first kappa shape index (κ1) is 8.02. The lowest BCUT2D eigenvalue weighted by atomic mass is 9.96. The van der Waals surface area contributed by atoms with E-state index >= 15 is 0 Å². The maximum Gasteiger partial charge on any atom is 0.0799 e. The fourth-order valence-electron chi connectivity index (χ4n) is 1.29. The van der Waals surface area contributed by atoms with Gasteiger partial charge < -0.3 is 10.2 Å². The van der Waals surface area contributed by atoms with Crippen LogP contribution in [0.15, 0.2) is 0 Å². The van der Waals surface area contributed by atoms with E-state index in [0.717, 1.165) is 32.1 Å². The molecule has 1 fully saturated rings. The van der Waals surface area contributed by atoms with E-state index in [2.05, 4.69) is 6.42 Å². The van der Waals surface area contributed by atoms with Crippen molar-refractivity contribution >= 4 is 0 Å². The zero-order valence-electron chi connectivity index (χ0n) is 6.16. The Morgan fingerprint density at radius 1 is 1.00 bits per heavy atom. The molecule has 1 aliphatic carbocycles. The molecule has 0 spiro atoms. The molecule has 10 heavy (non-hydrogen) atoms. The Morgan fingerprint density at radius 3 is 2.50 bits per heavy atom. The van der Waals surface area contributed by atoms with Crippen LogP contribution >= 0.6 is 0 Å². The van der Waals surface area contributed by atoms with Crippen molar-refractivity contribution in [1.82, 2.24) is 0 Å². The van der Waals surface area contributed by atoms with Crippen molar-refractivity contribution in [2.24, 2.45) is 0 Å². The predicted molar refractivity (Wildman–Crippen MR) is 39.4 cm³/mol. The maximum atomic E-state index is 9.22. The number of aliphatic hydroxyl groups is 2. The third-order valence-electron chi connectivity index (χ3n) is 2.02. The Morgan fingerprint density at radius 2 is 1.70 bits per heavy atom. The quantitative estimate of drug-likeness (QED) is 0.528. The second-order valence-electron chi connectivity index (χ2n) is 2.93. The second kappa shape index (κ2) is 3.94. The van der Waals surface area contributed by atoms with E-state index in [-0.39, 0.29) is 0 Å². The molecule has 1 rings (SSSR count). The lowest BCUT2D eigenvalue weighted by Gasteiger charge is -2.19. The molecule has 2 heteroatoms. The molecule has 0 aromatic heterocycles. The molecular formula is C8H15O2. The lowest BCUT2D eigenvalue weighted by molar-refractivity contribution is 0.00606. The van der Waals surface area contributed by atoms with Crippen LogP contribution in [0.5, 0.6) is 0 Å². The molecule has 0 bridgehead atoms. The minimum Gasteiger partial charge on any atom is -0.390 e. The highest BCUT2D eigenvalue weighted by Gasteiger charge is 2.16. The summed E-state index contributed by atoms with van der Waals surface area (Å²) in [4.78, 5) is 0. The Hall–Kier alpha value is -0.0800. The Kier molecular flexibility index (Phi) is 3.16. The van der Waals surface area contributed by atoms with Crippen LogP contribution < -0.4 is 0 Å². The summed E-state index contributed by atoms with van der Waals surface area (Å²) >= 11 is 0. The van der Waals surface area contributed by atoms with Crippen LogP contribution in [-0.4, -0.2) is 22.4 Å². The van der Waals surface area contributed by atoms with Crippen LogP contribution in [0, 0.1) is 6.42 Å². The molecule has 0 heterocycles. The van der Waals surface area contributed by atoms with Crippen LogP contribution in [-0.2, 0) is 0 Å². The van der Waals surface area contributed by atoms with Crippen molar-refractivity contribution < 1.29 is 10.2 Å². The van der Waals surface area contributed by atoms with Crippen LogP contribution in [0.2, 0.25) is 0 Å². The second-order valence-corrected chi connectivity index (χ2v) is 2.93. The molecule has 1 saturated carbocycles. The fourth-order valence-corrected chi connectivity index (χ4v) is 1.29. The normalized spacial score (nSPS) is 36.6. The molecular weight excluding hydrogens is 128 g/mol. The maximum absolute atomic E-state index is 9.22. The molecule has 0 aromatic rings. The van der Waals surface area contributed by atoms with Gasteiger partial charge >= 0.3 is 0 Å². The molecule has 1 radical (unpaired) electrons. The minimum atomic E-state index is -0.489. The largest absolute Gasteiger partial charge is 0.390 e. The SMILES string of the molecule is OC1CC[CH]CCCC1O. The summed E-state index contributed by atoms with van der Waals surface area (Å²) in [5.41, 5.74) is 0. The van der Waals surface area contributed by atoms with Gasteiger partial charge in [0.15, 0.2) is 0 Å². The average Bonchev–Trinajstić information content (AvgIpc) is 1.92. The first-order valence-electron chi connectivity index (χ1n) is 3.98. The average molecular weight is 143 g/mol. The summed E-state index contributed by atoms with van der Waals surface area (Å²) in [6.45, 7) is 0. The van der Waals surface area contributed by atoms with E-state index in [1.807, 2.05) is 0 Å². The molecule has 0 amide bonds. The van der Waals surface area contributed by atoms with Crippen molar-refractivity contribution in [2.45, 2.75) is 44.3 Å². The number of hydrogen-bond acceptors (Lipinski definition) is 2. The molecule has 2 atom stereocenters. The van der Waals surface area contributed by atoms with Crippen molar-refractivity contribution in [2.75, 3.05) is 0 Å². The van der Waals surface area contributed by atoms with Gasteiger partial charge in [0.05, 0.1) is 12.2 Å². The van der Waals surface area contributed by atoms with Gasteiger partial charge in [-0.3, -0.25) is 0 Å². The Bertz CT molecular complexity index is 81.3. The van der Waals surface area contributed by atoms with Crippen LogP contribution in [0.1, 0.15) is 32.1 Å². The van der Waals surface area contributed by atoms with E-state index in [9.17, 15) is 10.2 Å². The summed E-state index contributed by atoms with van der Waals surface area (Å²) in [7, 11) is 0. The monoisotopic (exact) mass is 143 g/mol. The van der Waals surface area contributed by atoms with Crippen molar-refractivity contribution in [3.8, 4) is 0 Å². The first-order chi connectivity index (χ1) is 4.80. The van der Waals surface area contributed by atoms with Gasteiger partial charge in [-0.05, 0) is 25.7 Å². The topological polar surface area (TPSA) is 40.5 Å². The molecule has 2 unspecified atom stereocenters. The molecule has 59 valence electrons. The van der Waals surface area contributed by atoms with Crippen molar-refractivity contribution in [3.05, 3.63) is 6.42 Å². The van der Waals surface area contributed by atoms with E-state index in [0.29, 0.717) is 0 Å². The van der Waals surface area contributed by atoms with Crippen LogP contribution in [0.4, 0.5) is 0 Å². The first-order valence-corrected chi connectivity index (χ1v) is 3.98. The predicted octanol–water partition coefficient (Wildman–Crippen LogP) is 0.877. The van der Waals surface area contributed by atoms with Gasteiger partial charge in [0.2, 0.25) is 0 Å². The fraction of sp³-hybridized carbons (Fsp3) is 0.875. The number of rotatable bonds is 0. The zero-order chi connectivity index (χ0) is 7.40. The van der Waals surface area contributed by atoms with E-state index in [4.69, 9.17) is 0 Å². The van der Waals surface area contributed by atoms with Crippen LogP contribution in [0.3, 0.4) is 0 Å². The van der Waals surface area contributed by atoms with Gasteiger partial charge in [0.1, 0.15) is 0 Å². The minimum absolute atomic E-state index is 0.478. The van der Waals surface area contributed by atoms with E-state index < -0.39 is 12.2 Å². The van der Waals surface area contributed by atoms with Gasteiger partial charge in [-0.2, -0.15) is 0 Å². The zero-order valence-corrected chi connectivity index (χ0v) is 6.16. The number of hydrogen-bond donors (Lipinski definition) is 2. The third-order valence-corrected chi connectivity index (χ3v) is 2.02. The molecule has 2 N–H and O–H groups in total. The Labute approximate surface area is 61.9 Å². The Balaban J connectivity index is 2.28. The molecule has 0 aliphatic heterocycles. The molecule has 0 aromatic carbocycles. The van der Waals surface area contributed by atoms with Gasteiger partial charge in [-0.25, -0.2) is 0 Å². The van der Waals surface area contributed by atoms with Gasteiger partial charge in [-0.15, -0.1) is 0 Å².